The highest BCUT2D eigenvalue weighted by Crippen LogP contribution is 2.18. The minimum Gasteiger partial charge on any atom is -0.364 e. The fourth-order valence-electron chi connectivity index (χ4n) is 2.94. The van der Waals surface area contributed by atoms with Crippen LogP contribution in [0.4, 0.5) is 0 Å². The van der Waals surface area contributed by atoms with Crippen LogP contribution in [0.2, 0.25) is 0 Å². The predicted molar refractivity (Wildman–Crippen MR) is 102 cm³/mol. The second-order valence-corrected chi connectivity index (χ2v) is 6.31. The van der Waals surface area contributed by atoms with E-state index in [1.165, 1.54) is 0 Å². The summed E-state index contributed by atoms with van der Waals surface area (Å²) in [6.45, 7) is 1.62. The number of likely N-dealkylation sites (N-methyl/N-ethyl adjacent to an activating group) is 1. The van der Waals surface area contributed by atoms with Gasteiger partial charge in [0.1, 0.15) is 6.54 Å². The summed E-state index contributed by atoms with van der Waals surface area (Å²) >= 11 is 0. The van der Waals surface area contributed by atoms with Crippen molar-refractivity contribution in [3.05, 3.63) is 76.2 Å². The number of benzene rings is 2. The van der Waals surface area contributed by atoms with Crippen molar-refractivity contribution < 1.29 is 9.59 Å². The Morgan fingerprint density at radius 3 is 2.30 bits per heavy atom. The molecule has 0 fully saturated rings. The van der Waals surface area contributed by atoms with E-state index in [0.717, 1.165) is 10.2 Å². The van der Waals surface area contributed by atoms with Crippen molar-refractivity contribution in [2.24, 2.45) is 5.73 Å². The van der Waals surface area contributed by atoms with Gasteiger partial charge in [-0.2, -0.15) is 5.10 Å². The lowest BCUT2D eigenvalue weighted by Crippen LogP contribution is -2.37. The molecule has 1 heterocycles. The lowest BCUT2D eigenvalue weighted by atomic mass is 10.1. The second kappa shape index (κ2) is 7.41. The van der Waals surface area contributed by atoms with Gasteiger partial charge in [-0.25, -0.2) is 4.68 Å². The summed E-state index contributed by atoms with van der Waals surface area (Å²) in [7, 11) is 1.67. The number of carbonyl (C=O) groups excluding carboxylic acids is 2. The first-order chi connectivity index (χ1) is 12.9. The van der Waals surface area contributed by atoms with Gasteiger partial charge in [0.25, 0.3) is 11.5 Å². The molecule has 0 unspecified atom stereocenters. The SMILES string of the molecule is C[C@H](c1ccccc1)N(C)C(=O)Cn1nc(C(N)=O)c2ccccc2c1=O. The standard InChI is InChI=1S/C20H20N4O3/c1-13(14-8-4-3-5-9-14)23(2)17(25)12-24-20(27)16-11-7-6-10-15(16)18(22-24)19(21)26/h3-11,13H,12H2,1-2H3,(H2,21,26)/t13-/m1/s1. The van der Waals surface area contributed by atoms with Crippen LogP contribution in [0.5, 0.6) is 0 Å². The quantitative estimate of drug-likeness (QED) is 0.745. The summed E-state index contributed by atoms with van der Waals surface area (Å²) in [6, 6.07) is 16.0. The van der Waals surface area contributed by atoms with E-state index in [2.05, 4.69) is 5.10 Å². The van der Waals surface area contributed by atoms with Gasteiger partial charge in [-0.3, -0.25) is 14.4 Å². The van der Waals surface area contributed by atoms with E-state index in [4.69, 9.17) is 5.73 Å². The number of nitrogens with two attached hydrogens (primary N) is 1. The lowest BCUT2D eigenvalue weighted by Gasteiger charge is -2.25. The van der Waals surface area contributed by atoms with Crippen LogP contribution >= 0.6 is 0 Å². The van der Waals surface area contributed by atoms with Crippen LogP contribution < -0.4 is 11.3 Å². The zero-order valence-electron chi connectivity index (χ0n) is 15.1. The molecule has 0 spiro atoms. The van der Waals surface area contributed by atoms with E-state index in [9.17, 15) is 14.4 Å². The Morgan fingerprint density at radius 2 is 1.67 bits per heavy atom. The smallest absolute Gasteiger partial charge is 0.275 e. The summed E-state index contributed by atoms with van der Waals surface area (Å²) in [5.74, 6) is -1.05. The first-order valence-electron chi connectivity index (χ1n) is 8.50. The van der Waals surface area contributed by atoms with Crippen molar-refractivity contribution >= 4 is 22.6 Å². The maximum absolute atomic E-state index is 12.7. The average Bonchev–Trinajstić information content (AvgIpc) is 2.69. The van der Waals surface area contributed by atoms with Gasteiger partial charge < -0.3 is 10.6 Å². The Hall–Kier alpha value is -3.48. The highest BCUT2D eigenvalue weighted by Gasteiger charge is 2.20. The summed E-state index contributed by atoms with van der Waals surface area (Å²) in [5.41, 5.74) is 5.91. The van der Waals surface area contributed by atoms with Crippen molar-refractivity contribution in [1.29, 1.82) is 0 Å². The fourth-order valence-corrected chi connectivity index (χ4v) is 2.94. The molecular formula is C20H20N4O3. The summed E-state index contributed by atoms with van der Waals surface area (Å²) in [4.78, 5) is 38.7. The van der Waals surface area contributed by atoms with Crippen LogP contribution in [0.25, 0.3) is 10.8 Å². The maximum atomic E-state index is 12.7. The molecule has 0 saturated heterocycles. The van der Waals surface area contributed by atoms with Crippen LogP contribution in [0.1, 0.15) is 29.0 Å². The molecule has 3 aromatic rings. The van der Waals surface area contributed by atoms with Gasteiger partial charge in [0.15, 0.2) is 5.69 Å². The van der Waals surface area contributed by atoms with E-state index in [1.807, 2.05) is 37.3 Å². The van der Waals surface area contributed by atoms with Gasteiger partial charge in [-0.05, 0) is 18.6 Å². The van der Waals surface area contributed by atoms with Crippen molar-refractivity contribution in [1.82, 2.24) is 14.7 Å². The molecule has 27 heavy (non-hydrogen) atoms. The Balaban J connectivity index is 1.94. The number of nitrogens with zero attached hydrogens (tertiary/aromatic N) is 3. The van der Waals surface area contributed by atoms with Crippen LogP contribution in [0.15, 0.2) is 59.4 Å². The van der Waals surface area contributed by atoms with Gasteiger partial charge in [-0.15, -0.1) is 0 Å². The van der Waals surface area contributed by atoms with Crippen LogP contribution in [-0.4, -0.2) is 33.5 Å². The first-order valence-corrected chi connectivity index (χ1v) is 8.50. The molecule has 2 aromatic carbocycles. The number of fused-ring (bicyclic) bond motifs is 1. The molecule has 7 heteroatoms. The molecule has 7 nitrogen and oxygen atoms in total. The van der Waals surface area contributed by atoms with Gasteiger partial charge in [0, 0.05) is 12.4 Å². The number of rotatable bonds is 5. The average molecular weight is 364 g/mol. The van der Waals surface area contributed by atoms with Gasteiger partial charge in [0.05, 0.1) is 11.4 Å². The first kappa shape index (κ1) is 18.3. The van der Waals surface area contributed by atoms with Gasteiger partial charge in [0.2, 0.25) is 5.91 Å². The topological polar surface area (TPSA) is 98.3 Å². The highest BCUT2D eigenvalue weighted by molar-refractivity contribution is 6.04. The monoisotopic (exact) mass is 364 g/mol. The van der Waals surface area contributed by atoms with Crippen molar-refractivity contribution in [2.75, 3.05) is 7.05 Å². The molecule has 3 rings (SSSR count). The molecule has 2 amide bonds. The maximum Gasteiger partial charge on any atom is 0.275 e. The number of aromatic nitrogens is 2. The van der Waals surface area contributed by atoms with Crippen molar-refractivity contribution in [3.63, 3.8) is 0 Å². The Labute approximate surface area is 156 Å². The Morgan fingerprint density at radius 1 is 1.07 bits per heavy atom. The molecule has 138 valence electrons. The number of carbonyl (C=O) groups is 2. The molecule has 0 saturated carbocycles. The molecule has 0 radical (unpaired) electrons. The van der Waals surface area contributed by atoms with Crippen molar-refractivity contribution in [2.45, 2.75) is 19.5 Å². The lowest BCUT2D eigenvalue weighted by molar-refractivity contribution is -0.132. The third kappa shape index (κ3) is 3.57. The van der Waals surface area contributed by atoms with E-state index in [-0.39, 0.29) is 24.2 Å². The van der Waals surface area contributed by atoms with Crippen molar-refractivity contribution in [3.8, 4) is 0 Å². The Kier molecular flexibility index (Phi) is 5.03. The molecule has 1 aromatic heterocycles. The largest absolute Gasteiger partial charge is 0.364 e. The zero-order valence-corrected chi connectivity index (χ0v) is 15.1. The molecule has 0 bridgehead atoms. The van der Waals surface area contributed by atoms with Gasteiger partial charge >= 0.3 is 0 Å². The minimum absolute atomic E-state index is 0.0308. The molecule has 0 aliphatic heterocycles. The predicted octanol–water partition coefficient (Wildman–Crippen LogP) is 1.71. The Bertz CT molecular complexity index is 1060. The molecule has 1 atom stereocenters. The summed E-state index contributed by atoms with van der Waals surface area (Å²) in [5, 5.41) is 4.71. The highest BCUT2D eigenvalue weighted by atomic mass is 16.2. The van der Waals surface area contributed by atoms with E-state index in [1.54, 1.807) is 36.2 Å². The number of primary amides is 1. The normalized spacial score (nSPS) is 11.9. The van der Waals surface area contributed by atoms with Gasteiger partial charge in [-0.1, -0.05) is 48.5 Å². The third-order valence-electron chi connectivity index (χ3n) is 4.64. The van der Waals surface area contributed by atoms with E-state index < -0.39 is 11.5 Å². The van der Waals surface area contributed by atoms with Crippen LogP contribution in [0.3, 0.4) is 0 Å². The number of hydrogen-bond acceptors (Lipinski definition) is 4. The molecule has 0 aliphatic carbocycles. The fraction of sp³-hybridized carbons (Fsp3) is 0.200. The van der Waals surface area contributed by atoms with Crippen LogP contribution in [0, 0.1) is 0 Å². The summed E-state index contributed by atoms with van der Waals surface area (Å²) in [6.07, 6.45) is 0. The second-order valence-electron chi connectivity index (χ2n) is 6.31. The van der Waals surface area contributed by atoms with E-state index in [0.29, 0.717) is 10.8 Å². The third-order valence-corrected chi connectivity index (χ3v) is 4.64. The number of hydrogen-bond donors (Lipinski definition) is 1. The minimum atomic E-state index is -0.751. The molecule has 0 aliphatic rings. The zero-order chi connectivity index (χ0) is 19.6. The van der Waals surface area contributed by atoms with E-state index >= 15 is 0 Å². The molecular weight excluding hydrogens is 344 g/mol. The summed E-state index contributed by atoms with van der Waals surface area (Å²) < 4.78 is 0.999. The number of amides is 2. The molecule has 2 N–H and O–H groups in total. The van der Waals surface area contributed by atoms with Crippen LogP contribution in [-0.2, 0) is 11.3 Å².